The molecular formula is C7H3N3O4S. The van der Waals surface area contributed by atoms with Gasteiger partial charge in [-0.2, -0.15) is 5.26 Å². The molecule has 0 bridgehead atoms. The molecule has 1 aromatic carbocycles. The Labute approximate surface area is 88.6 Å². The SMILES string of the molecule is N#Cc1cc([N+](=O)[O-])cc([N+](=O)[O-])c1S. The molecule has 1 aromatic rings. The van der Waals surface area contributed by atoms with Gasteiger partial charge in [0.05, 0.1) is 21.5 Å². The maximum absolute atomic E-state index is 10.5. The molecule has 0 radical (unpaired) electrons. The second-order valence-electron chi connectivity index (χ2n) is 2.49. The Bertz CT molecular complexity index is 494. The van der Waals surface area contributed by atoms with E-state index in [0.717, 1.165) is 12.1 Å². The quantitative estimate of drug-likeness (QED) is 0.467. The summed E-state index contributed by atoms with van der Waals surface area (Å²) in [7, 11) is 0. The molecule has 0 spiro atoms. The van der Waals surface area contributed by atoms with Crippen molar-refractivity contribution in [1.29, 1.82) is 5.26 Å². The molecule has 76 valence electrons. The highest BCUT2D eigenvalue weighted by molar-refractivity contribution is 7.80. The molecule has 0 aliphatic heterocycles. The zero-order chi connectivity index (χ0) is 11.6. The summed E-state index contributed by atoms with van der Waals surface area (Å²) in [6, 6.07) is 3.31. The topological polar surface area (TPSA) is 110 Å². The van der Waals surface area contributed by atoms with Crippen LogP contribution in [0.1, 0.15) is 5.56 Å². The number of non-ortho nitro benzene ring substituents is 1. The maximum atomic E-state index is 10.5. The summed E-state index contributed by atoms with van der Waals surface area (Å²) in [4.78, 5) is 19.1. The van der Waals surface area contributed by atoms with Gasteiger partial charge in [0.1, 0.15) is 11.0 Å². The smallest absolute Gasteiger partial charge is 0.258 e. The minimum absolute atomic E-state index is 0.173. The van der Waals surface area contributed by atoms with Crippen molar-refractivity contribution in [3.63, 3.8) is 0 Å². The zero-order valence-corrected chi connectivity index (χ0v) is 7.97. The molecule has 0 N–H and O–H groups in total. The summed E-state index contributed by atoms with van der Waals surface area (Å²) in [5, 5.41) is 29.5. The summed E-state index contributed by atoms with van der Waals surface area (Å²) in [6.45, 7) is 0. The number of nitro benzene ring substituents is 2. The molecule has 0 atom stereocenters. The Balaban J connectivity index is 3.54. The van der Waals surface area contributed by atoms with Crippen LogP contribution in [0.25, 0.3) is 0 Å². The number of thiol groups is 1. The van der Waals surface area contributed by atoms with E-state index in [1.165, 1.54) is 0 Å². The Morgan fingerprint density at radius 3 is 2.27 bits per heavy atom. The molecule has 1 rings (SSSR count). The summed E-state index contributed by atoms with van der Waals surface area (Å²) in [5.41, 5.74) is -1.25. The minimum atomic E-state index is -0.823. The lowest BCUT2D eigenvalue weighted by molar-refractivity contribution is -0.396. The molecule has 0 saturated carbocycles. The Morgan fingerprint density at radius 2 is 1.87 bits per heavy atom. The predicted molar refractivity (Wildman–Crippen MR) is 51.7 cm³/mol. The molecule has 0 aliphatic carbocycles. The van der Waals surface area contributed by atoms with E-state index in [1.54, 1.807) is 6.07 Å². The van der Waals surface area contributed by atoms with Crippen LogP contribution in [-0.2, 0) is 0 Å². The first kappa shape index (κ1) is 10.9. The van der Waals surface area contributed by atoms with Crippen molar-refractivity contribution in [2.24, 2.45) is 0 Å². The highest BCUT2D eigenvalue weighted by Gasteiger charge is 2.21. The fourth-order valence-electron chi connectivity index (χ4n) is 0.934. The van der Waals surface area contributed by atoms with Crippen molar-refractivity contribution in [3.8, 4) is 6.07 Å². The van der Waals surface area contributed by atoms with E-state index in [1.807, 2.05) is 0 Å². The van der Waals surface area contributed by atoms with Crippen molar-refractivity contribution < 1.29 is 9.85 Å². The van der Waals surface area contributed by atoms with Crippen molar-refractivity contribution in [2.45, 2.75) is 4.90 Å². The van der Waals surface area contributed by atoms with Crippen LogP contribution in [0.2, 0.25) is 0 Å². The van der Waals surface area contributed by atoms with E-state index in [2.05, 4.69) is 12.6 Å². The third kappa shape index (κ3) is 2.03. The molecule has 0 amide bonds. The van der Waals surface area contributed by atoms with Gasteiger partial charge < -0.3 is 0 Å². The van der Waals surface area contributed by atoms with Crippen molar-refractivity contribution >= 4 is 24.0 Å². The van der Waals surface area contributed by atoms with Crippen LogP contribution in [0, 0.1) is 31.6 Å². The predicted octanol–water partition coefficient (Wildman–Crippen LogP) is 1.66. The van der Waals surface area contributed by atoms with Gasteiger partial charge in [-0.1, -0.05) is 0 Å². The summed E-state index contributed by atoms with van der Waals surface area (Å²) >= 11 is 3.76. The number of nitrogens with zero attached hydrogens (tertiary/aromatic N) is 3. The molecule has 0 aromatic heterocycles. The Morgan fingerprint density at radius 1 is 1.27 bits per heavy atom. The molecule has 0 fully saturated rings. The van der Waals surface area contributed by atoms with Gasteiger partial charge in [-0.15, -0.1) is 12.6 Å². The highest BCUT2D eigenvalue weighted by atomic mass is 32.1. The number of hydrogen-bond acceptors (Lipinski definition) is 6. The summed E-state index contributed by atoms with van der Waals surface area (Å²) in [6.07, 6.45) is 0. The zero-order valence-electron chi connectivity index (χ0n) is 7.08. The molecule has 7 nitrogen and oxygen atoms in total. The Hall–Kier alpha value is -2.14. The second-order valence-corrected chi connectivity index (χ2v) is 2.93. The van der Waals surface area contributed by atoms with Crippen molar-refractivity contribution in [1.82, 2.24) is 0 Å². The van der Waals surface area contributed by atoms with Crippen molar-refractivity contribution in [3.05, 3.63) is 37.9 Å². The van der Waals surface area contributed by atoms with Gasteiger partial charge in [0, 0.05) is 6.07 Å². The maximum Gasteiger partial charge on any atom is 0.290 e. The van der Waals surface area contributed by atoms with Crippen LogP contribution in [-0.4, -0.2) is 9.85 Å². The third-order valence-electron chi connectivity index (χ3n) is 1.60. The third-order valence-corrected chi connectivity index (χ3v) is 2.07. The highest BCUT2D eigenvalue weighted by Crippen LogP contribution is 2.30. The fraction of sp³-hybridized carbons (Fsp3) is 0. The standard InChI is InChI=1S/C7H3N3O4S/c8-3-4-1-5(9(11)12)2-6(7(4)15)10(13)14/h1-2,15H. The normalized spacial score (nSPS) is 9.33. The minimum Gasteiger partial charge on any atom is -0.258 e. The first-order valence-electron chi connectivity index (χ1n) is 3.53. The summed E-state index contributed by atoms with van der Waals surface area (Å²) < 4.78 is 0. The van der Waals surface area contributed by atoms with E-state index in [0.29, 0.717) is 0 Å². The molecular weight excluding hydrogens is 222 g/mol. The average molecular weight is 225 g/mol. The average Bonchev–Trinajstić information content (AvgIpc) is 2.17. The fourth-order valence-corrected chi connectivity index (χ4v) is 1.19. The number of nitriles is 1. The number of rotatable bonds is 2. The molecule has 8 heteroatoms. The van der Waals surface area contributed by atoms with Gasteiger partial charge in [0.15, 0.2) is 0 Å². The number of hydrogen-bond donors (Lipinski definition) is 1. The summed E-state index contributed by atoms with van der Waals surface area (Å²) in [5.74, 6) is 0. The van der Waals surface area contributed by atoms with E-state index in [9.17, 15) is 20.2 Å². The van der Waals surface area contributed by atoms with E-state index in [-0.39, 0.29) is 10.5 Å². The van der Waals surface area contributed by atoms with Gasteiger partial charge >= 0.3 is 0 Å². The van der Waals surface area contributed by atoms with Crippen LogP contribution < -0.4 is 0 Å². The second kappa shape index (κ2) is 3.93. The van der Waals surface area contributed by atoms with Gasteiger partial charge in [-0.05, 0) is 0 Å². The van der Waals surface area contributed by atoms with Crippen LogP contribution in [0.5, 0.6) is 0 Å². The van der Waals surface area contributed by atoms with Gasteiger partial charge in [-0.3, -0.25) is 20.2 Å². The Kier molecular flexibility index (Phi) is 2.87. The lowest BCUT2D eigenvalue weighted by Crippen LogP contribution is -1.96. The van der Waals surface area contributed by atoms with E-state index in [4.69, 9.17) is 5.26 Å². The van der Waals surface area contributed by atoms with Crippen LogP contribution >= 0.6 is 12.6 Å². The van der Waals surface area contributed by atoms with E-state index >= 15 is 0 Å². The first-order chi connectivity index (χ1) is 6.97. The monoisotopic (exact) mass is 225 g/mol. The molecule has 15 heavy (non-hydrogen) atoms. The lowest BCUT2D eigenvalue weighted by atomic mass is 10.2. The van der Waals surface area contributed by atoms with Gasteiger partial charge in [0.25, 0.3) is 11.4 Å². The molecule has 0 saturated heterocycles. The van der Waals surface area contributed by atoms with E-state index < -0.39 is 21.2 Å². The number of benzene rings is 1. The van der Waals surface area contributed by atoms with Crippen LogP contribution in [0.4, 0.5) is 11.4 Å². The van der Waals surface area contributed by atoms with Crippen LogP contribution in [0.15, 0.2) is 17.0 Å². The van der Waals surface area contributed by atoms with Gasteiger partial charge in [-0.25, -0.2) is 0 Å². The molecule has 0 aliphatic rings. The molecule has 0 unspecified atom stereocenters. The van der Waals surface area contributed by atoms with Gasteiger partial charge in [0.2, 0.25) is 0 Å². The lowest BCUT2D eigenvalue weighted by Gasteiger charge is -1.98. The van der Waals surface area contributed by atoms with Crippen molar-refractivity contribution in [2.75, 3.05) is 0 Å². The first-order valence-corrected chi connectivity index (χ1v) is 3.98. The molecule has 0 heterocycles. The largest absolute Gasteiger partial charge is 0.290 e. The number of nitro groups is 2. The van der Waals surface area contributed by atoms with Crippen LogP contribution in [0.3, 0.4) is 0 Å².